The Morgan fingerprint density at radius 2 is 2.20 bits per heavy atom. The fraction of sp³-hybridized carbons (Fsp3) is 0.700. The van der Waals surface area contributed by atoms with Gasteiger partial charge in [-0.3, -0.25) is 4.90 Å². The van der Waals surface area contributed by atoms with Crippen LogP contribution in [0.5, 0.6) is 0 Å². The molecular weight excluding hydrogens is 212 g/mol. The summed E-state index contributed by atoms with van der Waals surface area (Å²) in [5.41, 5.74) is 0.964. The van der Waals surface area contributed by atoms with Crippen LogP contribution in [0.2, 0.25) is 0 Å². The maximum absolute atomic E-state index is 9.07. The van der Waals surface area contributed by atoms with Gasteiger partial charge in [-0.25, -0.2) is 4.98 Å². The summed E-state index contributed by atoms with van der Waals surface area (Å²) in [6.07, 6.45) is 0. The van der Waals surface area contributed by atoms with Crippen LogP contribution < -0.4 is 0 Å². The van der Waals surface area contributed by atoms with E-state index in [-0.39, 0.29) is 6.61 Å². The minimum atomic E-state index is 0.104. The SMILES string of the molecule is Cc1nc(CN2CCOCC2)sc1CO. The Morgan fingerprint density at radius 3 is 2.80 bits per heavy atom. The minimum absolute atomic E-state index is 0.104. The number of aromatic nitrogens is 1. The van der Waals surface area contributed by atoms with E-state index in [1.807, 2.05) is 6.92 Å². The molecule has 15 heavy (non-hydrogen) atoms. The molecule has 0 saturated carbocycles. The van der Waals surface area contributed by atoms with Gasteiger partial charge in [0.1, 0.15) is 5.01 Å². The molecule has 0 atom stereocenters. The van der Waals surface area contributed by atoms with Gasteiger partial charge in [-0.2, -0.15) is 0 Å². The van der Waals surface area contributed by atoms with Gasteiger partial charge >= 0.3 is 0 Å². The average Bonchev–Trinajstić information content (AvgIpc) is 2.60. The lowest BCUT2D eigenvalue weighted by molar-refractivity contribution is 0.0341. The predicted molar refractivity (Wildman–Crippen MR) is 58.9 cm³/mol. The maximum Gasteiger partial charge on any atom is 0.107 e. The van der Waals surface area contributed by atoms with Crippen LogP contribution in [0.25, 0.3) is 0 Å². The number of ether oxygens (including phenoxy) is 1. The summed E-state index contributed by atoms with van der Waals surface area (Å²) >= 11 is 1.61. The summed E-state index contributed by atoms with van der Waals surface area (Å²) in [5.74, 6) is 0. The number of aliphatic hydroxyl groups excluding tert-OH is 1. The number of rotatable bonds is 3. The first-order valence-electron chi connectivity index (χ1n) is 5.15. The number of hydrogen-bond acceptors (Lipinski definition) is 5. The lowest BCUT2D eigenvalue weighted by Gasteiger charge is -2.25. The third kappa shape index (κ3) is 2.75. The Kier molecular flexibility index (Phi) is 3.69. The topological polar surface area (TPSA) is 45.6 Å². The molecule has 4 nitrogen and oxygen atoms in total. The van der Waals surface area contributed by atoms with Crippen molar-refractivity contribution in [2.75, 3.05) is 26.3 Å². The van der Waals surface area contributed by atoms with Crippen LogP contribution in [-0.2, 0) is 17.9 Å². The van der Waals surface area contributed by atoms with Gasteiger partial charge in [0.05, 0.1) is 36.9 Å². The number of aryl methyl sites for hydroxylation is 1. The smallest absolute Gasteiger partial charge is 0.107 e. The van der Waals surface area contributed by atoms with E-state index in [4.69, 9.17) is 9.84 Å². The molecule has 1 aromatic rings. The molecular formula is C10H16N2O2S. The molecule has 0 amide bonds. The lowest BCUT2D eigenvalue weighted by atomic mass is 10.4. The first-order chi connectivity index (χ1) is 7.29. The Bertz CT molecular complexity index is 321. The molecule has 5 heteroatoms. The number of thiazole rings is 1. The van der Waals surface area contributed by atoms with Gasteiger partial charge in [-0.05, 0) is 6.92 Å². The Balaban J connectivity index is 1.97. The molecule has 0 spiro atoms. The normalized spacial score (nSPS) is 18.3. The fourth-order valence-electron chi connectivity index (χ4n) is 1.65. The van der Waals surface area contributed by atoms with Crippen molar-refractivity contribution in [3.05, 3.63) is 15.6 Å². The molecule has 1 fully saturated rings. The van der Waals surface area contributed by atoms with Crippen molar-refractivity contribution in [3.63, 3.8) is 0 Å². The molecule has 1 saturated heterocycles. The highest BCUT2D eigenvalue weighted by molar-refractivity contribution is 7.11. The quantitative estimate of drug-likeness (QED) is 0.830. The molecule has 1 aliphatic rings. The van der Waals surface area contributed by atoms with Crippen LogP contribution in [0.1, 0.15) is 15.6 Å². The van der Waals surface area contributed by atoms with E-state index < -0.39 is 0 Å². The van der Waals surface area contributed by atoms with Crippen molar-refractivity contribution >= 4 is 11.3 Å². The minimum Gasteiger partial charge on any atom is -0.391 e. The standard InChI is InChI=1S/C10H16N2O2S/c1-8-9(7-13)15-10(11-8)6-12-2-4-14-5-3-12/h13H,2-7H2,1H3. The largest absolute Gasteiger partial charge is 0.391 e. The molecule has 0 aromatic carbocycles. The first-order valence-corrected chi connectivity index (χ1v) is 5.97. The molecule has 0 bridgehead atoms. The lowest BCUT2D eigenvalue weighted by Crippen LogP contribution is -2.35. The van der Waals surface area contributed by atoms with Gasteiger partial charge in [-0.15, -0.1) is 11.3 Å². The summed E-state index contributed by atoms with van der Waals surface area (Å²) in [4.78, 5) is 7.77. The molecule has 84 valence electrons. The molecule has 0 unspecified atom stereocenters. The van der Waals surface area contributed by atoms with E-state index in [1.165, 1.54) is 0 Å². The van der Waals surface area contributed by atoms with Crippen LogP contribution in [0.3, 0.4) is 0 Å². The van der Waals surface area contributed by atoms with Gasteiger partial charge in [0.15, 0.2) is 0 Å². The number of aliphatic hydroxyl groups is 1. The fourth-order valence-corrected chi connectivity index (χ4v) is 2.63. The summed E-state index contributed by atoms with van der Waals surface area (Å²) in [5, 5.41) is 10.2. The van der Waals surface area contributed by atoms with E-state index in [0.717, 1.165) is 48.4 Å². The highest BCUT2D eigenvalue weighted by Crippen LogP contribution is 2.19. The van der Waals surface area contributed by atoms with Crippen molar-refractivity contribution in [3.8, 4) is 0 Å². The second-order valence-electron chi connectivity index (χ2n) is 3.66. The molecule has 2 rings (SSSR count). The van der Waals surface area contributed by atoms with Crippen LogP contribution in [0.15, 0.2) is 0 Å². The number of hydrogen-bond donors (Lipinski definition) is 1. The third-order valence-electron chi connectivity index (χ3n) is 2.54. The second kappa shape index (κ2) is 5.03. The van der Waals surface area contributed by atoms with E-state index in [2.05, 4.69) is 9.88 Å². The summed E-state index contributed by atoms with van der Waals surface area (Å²) in [6, 6.07) is 0. The summed E-state index contributed by atoms with van der Waals surface area (Å²) < 4.78 is 5.29. The number of morpholine rings is 1. The van der Waals surface area contributed by atoms with Gasteiger partial charge < -0.3 is 9.84 Å². The Morgan fingerprint density at radius 1 is 1.47 bits per heavy atom. The highest BCUT2D eigenvalue weighted by Gasteiger charge is 2.13. The Labute approximate surface area is 93.5 Å². The molecule has 1 aliphatic heterocycles. The van der Waals surface area contributed by atoms with Crippen molar-refractivity contribution in [1.82, 2.24) is 9.88 Å². The van der Waals surface area contributed by atoms with Crippen molar-refractivity contribution in [2.24, 2.45) is 0 Å². The van der Waals surface area contributed by atoms with Gasteiger partial charge in [0, 0.05) is 13.1 Å². The van der Waals surface area contributed by atoms with E-state index in [0.29, 0.717) is 0 Å². The monoisotopic (exact) mass is 228 g/mol. The number of nitrogens with zero attached hydrogens (tertiary/aromatic N) is 2. The first kappa shape index (κ1) is 11.0. The Hall–Kier alpha value is -0.490. The van der Waals surface area contributed by atoms with Gasteiger partial charge in [0.2, 0.25) is 0 Å². The average molecular weight is 228 g/mol. The van der Waals surface area contributed by atoms with Crippen molar-refractivity contribution < 1.29 is 9.84 Å². The van der Waals surface area contributed by atoms with E-state index in [9.17, 15) is 0 Å². The zero-order valence-electron chi connectivity index (χ0n) is 8.90. The van der Waals surface area contributed by atoms with Gasteiger partial charge in [-0.1, -0.05) is 0 Å². The van der Waals surface area contributed by atoms with Crippen molar-refractivity contribution in [1.29, 1.82) is 0 Å². The van der Waals surface area contributed by atoms with E-state index >= 15 is 0 Å². The molecule has 1 N–H and O–H groups in total. The summed E-state index contributed by atoms with van der Waals surface area (Å²) in [7, 11) is 0. The van der Waals surface area contributed by atoms with Crippen molar-refractivity contribution in [2.45, 2.75) is 20.1 Å². The molecule has 2 heterocycles. The second-order valence-corrected chi connectivity index (χ2v) is 4.83. The zero-order chi connectivity index (χ0) is 10.7. The van der Waals surface area contributed by atoms with Crippen LogP contribution in [0.4, 0.5) is 0 Å². The maximum atomic E-state index is 9.07. The third-order valence-corrected chi connectivity index (χ3v) is 3.67. The van der Waals surface area contributed by atoms with Crippen LogP contribution in [0, 0.1) is 6.92 Å². The predicted octanol–water partition coefficient (Wildman–Crippen LogP) is 0.776. The van der Waals surface area contributed by atoms with E-state index in [1.54, 1.807) is 11.3 Å². The van der Waals surface area contributed by atoms with Gasteiger partial charge in [0.25, 0.3) is 0 Å². The molecule has 0 radical (unpaired) electrons. The van der Waals surface area contributed by atoms with Crippen LogP contribution >= 0.6 is 11.3 Å². The molecule has 0 aliphatic carbocycles. The zero-order valence-corrected chi connectivity index (χ0v) is 9.72. The summed E-state index contributed by atoms with van der Waals surface area (Å²) in [6.45, 7) is 6.53. The molecule has 1 aromatic heterocycles. The highest BCUT2D eigenvalue weighted by atomic mass is 32.1. The van der Waals surface area contributed by atoms with Crippen LogP contribution in [-0.4, -0.2) is 41.3 Å².